The van der Waals surface area contributed by atoms with Gasteiger partial charge in [-0.05, 0) is 43.5 Å². The van der Waals surface area contributed by atoms with Crippen LogP contribution in [0.4, 0.5) is 0 Å². The number of benzene rings is 2. The Bertz CT molecular complexity index is 1680. The number of nitrogens with one attached hydrogen (secondary N) is 2. The molecule has 1 aliphatic heterocycles. The molecule has 13 nitrogen and oxygen atoms in total. The van der Waals surface area contributed by atoms with Crippen molar-refractivity contribution in [1.82, 2.24) is 40.1 Å². The van der Waals surface area contributed by atoms with Crippen LogP contribution in [0, 0.1) is 12.8 Å². The third kappa shape index (κ3) is 6.51. The lowest BCUT2D eigenvalue weighted by Crippen LogP contribution is -2.44. The molecule has 2 aromatic heterocycles. The van der Waals surface area contributed by atoms with Crippen LogP contribution in [-0.4, -0.2) is 80.5 Å². The fourth-order valence-corrected chi connectivity index (χ4v) is 5.31. The van der Waals surface area contributed by atoms with Gasteiger partial charge in [0.05, 0.1) is 31.8 Å². The molecule has 2 aromatic carbocycles. The van der Waals surface area contributed by atoms with E-state index in [2.05, 4.69) is 25.8 Å². The van der Waals surface area contributed by atoms with Gasteiger partial charge in [-0.15, -0.1) is 0 Å². The van der Waals surface area contributed by atoms with Gasteiger partial charge in [0, 0.05) is 31.1 Å². The predicted molar refractivity (Wildman–Crippen MR) is 163 cm³/mol. The molecule has 2 N–H and O–H groups in total. The Hall–Kier alpha value is -4.94. The predicted octanol–water partition coefficient (Wildman–Crippen LogP) is 2.65. The first-order valence-corrected chi connectivity index (χ1v) is 14.7. The topological polar surface area (TPSA) is 146 Å². The minimum Gasteiger partial charge on any atom is -0.493 e. The molecule has 0 fully saturated rings. The Balaban J connectivity index is 1.48. The molecule has 0 saturated heterocycles. The zero-order valence-electron chi connectivity index (χ0n) is 25.7. The number of methoxy groups -OCH3 is 1. The summed E-state index contributed by atoms with van der Waals surface area (Å²) in [7, 11) is 3.32. The van der Waals surface area contributed by atoms with Crippen LogP contribution >= 0.6 is 0 Å². The van der Waals surface area contributed by atoms with E-state index in [1.54, 1.807) is 41.5 Å². The molecule has 2 bridgehead atoms. The Kier molecular flexibility index (Phi) is 9.12. The maximum absolute atomic E-state index is 13.9. The monoisotopic (exact) mass is 602 g/mol. The first-order valence-electron chi connectivity index (χ1n) is 14.7. The SMILES string of the molecule is COc1ccc2cc1OCCn1nc(C)nc1[C@H](C(C)C)NC(=O)CN(C(=O)c1nn(C)c3ccccc13)CCCNC2=O. The standard InChI is InChI=1S/C31H38N8O5/c1-19(2)27-29-33-20(3)35-39(29)15-16-44-25-17-21(11-12-24(25)43-5)30(41)32-13-8-14-38(18-26(40)34-27)31(42)28-22-9-6-7-10-23(22)37(4)36-28/h6-7,9-12,17,19,27H,8,13-16,18H2,1-5H3,(H,32,41)(H,34,40)/t27-/m0/s1. The molecular formula is C31H38N8O5. The average Bonchev–Trinajstić information content (AvgIpc) is 3.55. The number of fused-ring (bicyclic) bond motifs is 4. The molecule has 1 aliphatic rings. The number of aromatic nitrogens is 5. The third-order valence-corrected chi connectivity index (χ3v) is 7.53. The van der Waals surface area contributed by atoms with E-state index in [0.29, 0.717) is 47.1 Å². The van der Waals surface area contributed by atoms with E-state index in [1.807, 2.05) is 38.1 Å². The second-order valence-corrected chi connectivity index (χ2v) is 11.1. The van der Waals surface area contributed by atoms with Crippen LogP contribution in [-0.2, 0) is 18.4 Å². The number of aryl methyl sites for hydroxylation is 2. The Labute approximate surface area is 255 Å². The van der Waals surface area contributed by atoms with Crippen LogP contribution in [0.15, 0.2) is 42.5 Å². The highest BCUT2D eigenvalue weighted by Gasteiger charge is 2.28. The molecule has 4 aromatic rings. The first-order chi connectivity index (χ1) is 21.2. The van der Waals surface area contributed by atoms with Crippen molar-refractivity contribution >= 4 is 28.6 Å². The van der Waals surface area contributed by atoms with Crippen molar-refractivity contribution in [3.8, 4) is 11.5 Å². The van der Waals surface area contributed by atoms with Crippen molar-refractivity contribution in [2.24, 2.45) is 13.0 Å². The molecule has 0 radical (unpaired) electrons. The van der Waals surface area contributed by atoms with Gasteiger partial charge in [0.2, 0.25) is 5.91 Å². The maximum atomic E-state index is 13.9. The van der Waals surface area contributed by atoms with E-state index in [-0.39, 0.29) is 55.6 Å². The number of rotatable bonds is 3. The smallest absolute Gasteiger partial charge is 0.275 e. The highest BCUT2D eigenvalue weighted by Crippen LogP contribution is 2.28. The van der Waals surface area contributed by atoms with Gasteiger partial charge in [0.1, 0.15) is 18.3 Å². The molecule has 5 rings (SSSR count). The van der Waals surface area contributed by atoms with E-state index in [9.17, 15) is 14.4 Å². The Morgan fingerprint density at radius 3 is 2.68 bits per heavy atom. The molecule has 0 spiro atoms. The van der Waals surface area contributed by atoms with Crippen molar-refractivity contribution in [2.75, 3.05) is 33.4 Å². The fourth-order valence-electron chi connectivity index (χ4n) is 5.31. The van der Waals surface area contributed by atoms with Gasteiger partial charge in [-0.25, -0.2) is 9.67 Å². The van der Waals surface area contributed by atoms with E-state index >= 15 is 0 Å². The number of carbonyl (C=O) groups is 3. The highest BCUT2D eigenvalue weighted by atomic mass is 16.5. The molecule has 3 heterocycles. The van der Waals surface area contributed by atoms with Gasteiger partial charge < -0.3 is 25.0 Å². The second-order valence-electron chi connectivity index (χ2n) is 11.1. The van der Waals surface area contributed by atoms with E-state index in [0.717, 1.165) is 5.52 Å². The van der Waals surface area contributed by atoms with Gasteiger partial charge in [0.15, 0.2) is 17.2 Å². The number of para-hydroxylation sites is 1. The van der Waals surface area contributed by atoms with Gasteiger partial charge in [-0.3, -0.25) is 19.1 Å². The van der Waals surface area contributed by atoms with Gasteiger partial charge in [-0.2, -0.15) is 10.2 Å². The second kappa shape index (κ2) is 13.1. The van der Waals surface area contributed by atoms with Crippen molar-refractivity contribution in [1.29, 1.82) is 0 Å². The lowest BCUT2D eigenvalue weighted by Gasteiger charge is -2.26. The van der Waals surface area contributed by atoms with Crippen molar-refractivity contribution < 1.29 is 23.9 Å². The number of carbonyl (C=O) groups excluding carboxylic acids is 3. The molecule has 0 aliphatic carbocycles. The normalized spacial score (nSPS) is 16.9. The van der Waals surface area contributed by atoms with Crippen LogP contribution in [0.1, 0.15) is 58.8 Å². The molecule has 232 valence electrons. The summed E-state index contributed by atoms with van der Waals surface area (Å²) < 4.78 is 14.8. The number of nitrogens with zero attached hydrogens (tertiary/aromatic N) is 6. The summed E-state index contributed by atoms with van der Waals surface area (Å²) in [5.74, 6) is 1.04. The van der Waals surface area contributed by atoms with Crippen LogP contribution in [0.5, 0.6) is 11.5 Å². The van der Waals surface area contributed by atoms with Crippen LogP contribution in [0.3, 0.4) is 0 Å². The quantitative estimate of drug-likeness (QED) is 0.364. The van der Waals surface area contributed by atoms with Crippen LogP contribution in [0.2, 0.25) is 0 Å². The summed E-state index contributed by atoms with van der Waals surface area (Å²) in [5, 5.41) is 15.7. The Morgan fingerprint density at radius 1 is 1.11 bits per heavy atom. The molecule has 13 heteroatoms. The number of amides is 3. The Morgan fingerprint density at radius 2 is 1.91 bits per heavy atom. The lowest BCUT2D eigenvalue weighted by molar-refractivity contribution is -0.123. The summed E-state index contributed by atoms with van der Waals surface area (Å²) in [6, 6.07) is 12.0. The lowest BCUT2D eigenvalue weighted by atomic mass is 10.0. The van der Waals surface area contributed by atoms with Gasteiger partial charge >= 0.3 is 0 Å². The van der Waals surface area contributed by atoms with Crippen LogP contribution < -0.4 is 20.1 Å². The zero-order valence-corrected chi connectivity index (χ0v) is 25.7. The summed E-state index contributed by atoms with van der Waals surface area (Å²) in [6.07, 6.45) is 0.413. The van der Waals surface area contributed by atoms with E-state index in [4.69, 9.17) is 9.47 Å². The van der Waals surface area contributed by atoms with Crippen LogP contribution in [0.25, 0.3) is 10.9 Å². The highest BCUT2D eigenvalue weighted by molar-refractivity contribution is 6.05. The maximum Gasteiger partial charge on any atom is 0.275 e. The molecule has 44 heavy (non-hydrogen) atoms. The van der Waals surface area contributed by atoms with E-state index in [1.165, 1.54) is 12.0 Å². The summed E-state index contributed by atoms with van der Waals surface area (Å²) in [4.78, 5) is 46.5. The average molecular weight is 603 g/mol. The molecule has 1 atom stereocenters. The van der Waals surface area contributed by atoms with Crippen molar-refractivity contribution in [3.63, 3.8) is 0 Å². The zero-order chi connectivity index (χ0) is 31.4. The minimum absolute atomic E-state index is 0.0244. The third-order valence-electron chi connectivity index (χ3n) is 7.53. The molecular weight excluding hydrogens is 564 g/mol. The van der Waals surface area contributed by atoms with E-state index < -0.39 is 6.04 Å². The molecule has 3 amide bonds. The van der Waals surface area contributed by atoms with Crippen molar-refractivity contribution in [3.05, 3.63) is 65.4 Å². The number of hydrogen-bond donors (Lipinski definition) is 2. The largest absolute Gasteiger partial charge is 0.493 e. The molecule has 0 saturated carbocycles. The first kappa shape index (κ1) is 30.5. The summed E-state index contributed by atoms with van der Waals surface area (Å²) in [5.41, 5.74) is 1.49. The van der Waals surface area contributed by atoms with Crippen molar-refractivity contribution in [2.45, 2.75) is 39.8 Å². The minimum atomic E-state index is -0.465. The number of ether oxygens (including phenoxy) is 2. The molecule has 0 unspecified atom stereocenters. The van der Waals surface area contributed by atoms with Gasteiger partial charge in [0.25, 0.3) is 11.8 Å². The number of hydrogen-bond acceptors (Lipinski definition) is 8. The summed E-state index contributed by atoms with van der Waals surface area (Å²) >= 11 is 0. The van der Waals surface area contributed by atoms with Gasteiger partial charge in [-0.1, -0.05) is 32.0 Å². The fraction of sp³-hybridized carbons (Fsp3) is 0.419. The summed E-state index contributed by atoms with van der Waals surface area (Å²) in [6.45, 7) is 6.63.